The third kappa shape index (κ3) is 2.39. The van der Waals surface area contributed by atoms with Crippen molar-refractivity contribution >= 4 is 23.5 Å². The van der Waals surface area contributed by atoms with E-state index in [9.17, 15) is 0 Å². The predicted molar refractivity (Wildman–Crippen MR) is 30.2 cm³/mol. The maximum Gasteiger partial charge on any atom is 1.00 e. The summed E-state index contributed by atoms with van der Waals surface area (Å²) in [5.41, 5.74) is 0. The summed E-state index contributed by atoms with van der Waals surface area (Å²) in [6, 6.07) is 0. The van der Waals surface area contributed by atoms with Crippen LogP contribution in [0.5, 0.6) is 0 Å². The van der Waals surface area contributed by atoms with Crippen LogP contribution < -0.4 is 34.9 Å². The molecule has 0 unspecified atom stereocenters. The summed E-state index contributed by atoms with van der Waals surface area (Å²) in [5, 5.41) is 3.44. The van der Waals surface area contributed by atoms with Gasteiger partial charge in [0.05, 0.1) is 6.54 Å². The number of aliphatic imine (C=N–C) groups is 1. The molecule has 1 aliphatic heterocycles. The average molecular weight is 124 g/mol. The Morgan fingerprint density at radius 3 is 2.86 bits per heavy atom. The fourth-order valence-corrected chi connectivity index (χ4v) is 0.465. The maximum atomic E-state index is 4.61. The molecule has 0 aliphatic carbocycles. The molecule has 1 heterocycles. The molecule has 0 aromatic carbocycles. The molecule has 1 aliphatic rings. The van der Waals surface area contributed by atoms with E-state index in [-0.39, 0.29) is 31.0 Å². The zero-order chi connectivity index (χ0) is 4.41. The third-order valence-corrected chi connectivity index (χ3v) is 0.803. The van der Waals surface area contributed by atoms with Gasteiger partial charge in [-0.3, -0.25) is 0 Å². The van der Waals surface area contributed by atoms with Crippen molar-refractivity contribution in [3.63, 3.8) is 0 Å². The third-order valence-electron chi connectivity index (χ3n) is 0.553. The van der Waals surface area contributed by atoms with Crippen LogP contribution in [-0.4, -0.2) is 17.9 Å². The zero-order valence-electron chi connectivity index (χ0n) is 5.14. The molecule has 0 saturated carbocycles. The molecular formula is C3H5N2NaS. The summed E-state index contributed by atoms with van der Waals surface area (Å²) in [6.07, 6.45) is 1.75. The standard InChI is InChI=1S/C3H4N2S.Na.H/c6-3-4-1-2-5-3;;/h1H,2H2,(H,5,6);;/q;+1;-1. The van der Waals surface area contributed by atoms with Gasteiger partial charge in [0, 0.05) is 6.21 Å². The quantitative estimate of drug-likeness (QED) is 0.276. The SMILES string of the molecule is S=C1N=CCN1.[H-].[Na+]. The molecule has 0 aromatic heterocycles. The molecule has 7 heavy (non-hydrogen) atoms. The van der Waals surface area contributed by atoms with E-state index in [0.29, 0.717) is 5.11 Å². The van der Waals surface area contributed by atoms with E-state index in [2.05, 4.69) is 22.5 Å². The second kappa shape index (κ2) is 3.55. The maximum absolute atomic E-state index is 4.61. The van der Waals surface area contributed by atoms with E-state index in [4.69, 9.17) is 0 Å². The Balaban J connectivity index is 0. The van der Waals surface area contributed by atoms with E-state index in [1.807, 2.05) is 0 Å². The minimum Gasteiger partial charge on any atom is -1.00 e. The Bertz CT molecular complexity index is 105. The summed E-state index contributed by atoms with van der Waals surface area (Å²) in [6.45, 7) is 0.804. The molecule has 1 N–H and O–H groups in total. The van der Waals surface area contributed by atoms with E-state index in [1.165, 1.54) is 0 Å². The van der Waals surface area contributed by atoms with Gasteiger partial charge in [0.2, 0.25) is 0 Å². The van der Waals surface area contributed by atoms with E-state index in [0.717, 1.165) is 6.54 Å². The zero-order valence-corrected chi connectivity index (χ0v) is 6.96. The number of rotatable bonds is 0. The normalized spacial score (nSPS) is 15.7. The first kappa shape index (κ1) is 7.56. The van der Waals surface area contributed by atoms with Crippen LogP contribution in [0.3, 0.4) is 0 Å². The molecule has 2 nitrogen and oxygen atoms in total. The van der Waals surface area contributed by atoms with Crippen molar-refractivity contribution in [3.05, 3.63) is 0 Å². The van der Waals surface area contributed by atoms with Gasteiger partial charge in [-0.2, -0.15) is 0 Å². The Morgan fingerprint density at radius 2 is 2.71 bits per heavy atom. The van der Waals surface area contributed by atoms with Gasteiger partial charge in [-0.15, -0.1) is 0 Å². The molecule has 0 fully saturated rings. The molecule has 34 valence electrons. The predicted octanol–water partition coefficient (Wildman–Crippen LogP) is -2.94. The van der Waals surface area contributed by atoms with Crippen LogP contribution in [0.4, 0.5) is 0 Å². The molecule has 0 atom stereocenters. The van der Waals surface area contributed by atoms with Gasteiger partial charge in [-0.05, 0) is 12.2 Å². The number of nitrogens with one attached hydrogen (secondary N) is 1. The number of nitrogens with zero attached hydrogens (tertiary/aromatic N) is 1. The van der Waals surface area contributed by atoms with Gasteiger partial charge in [-0.25, -0.2) is 4.99 Å². The molecule has 0 radical (unpaired) electrons. The van der Waals surface area contributed by atoms with Crippen LogP contribution in [0.1, 0.15) is 1.43 Å². The summed E-state index contributed by atoms with van der Waals surface area (Å²) in [4.78, 5) is 3.73. The van der Waals surface area contributed by atoms with E-state index < -0.39 is 0 Å². The van der Waals surface area contributed by atoms with Gasteiger partial charge >= 0.3 is 29.6 Å². The summed E-state index contributed by atoms with van der Waals surface area (Å²) in [5.74, 6) is 0. The van der Waals surface area contributed by atoms with Crippen molar-refractivity contribution in [1.29, 1.82) is 0 Å². The van der Waals surface area contributed by atoms with Crippen LogP contribution in [0, 0.1) is 0 Å². The topological polar surface area (TPSA) is 24.4 Å². The van der Waals surface area contributed by atoms with Crippen LogP contribution in [0.2, 0.25) is 0 Å². The first-order chi connectivity index (χ1) is 2.89. The van der Waals surface area contributed by atoms with E-state index >= 15 is 0 Å². The number of hydrogen-bond acceptors (Lipinski definition) is 1. The Hall–Kier alpha value is 0.560. The monoisotopic (exact) mass is 124 g/mol. The van der Waals surface area contributed by atoms with Gasteiger partial charge < -0.3 is 6.74 Å². The van der Waals surface area contributed by atoms with Crippen molar-refractivity contribution in [2.75, 3.05) is 6.54 Å². The molecule has 0 amide bonds. The van der Waals surface area contributed by atoms with Crippen molar-refractivity contribution in [2.24, 2.45) is 4.99 Å². The molecule has 0 bridgehead atoms. The fraction of sp³-hybridized carbons (Fsp3) is 0.333. The van der Waals surface area contributed by atoms with Gasteiger partial charge in [-0.1, -0.05) is 0 Å². The molecule has 0 saturated heterocycles. The van der Waals surface area contributed by atoms with Crippen LogP contribution in [0.15, 0.2) is 4.99 Å². The number of hydrogen-bond donors (Lipinski definition) is 1. The Labute approximate surface area is 71.2 Å². The Kier molecular flexibility index (Phi) is 3.83. The van der Waals surface area contributed by atoms with Crippen LogP contribution in [-0.2, 0) is 0 Å². The van der Waals surface area contributed by atoms with Crippen molar-refractivity contribution in [2.45, 2.75) is 0 Å². The van der Waals surface area contributed by atoms with Crippen molar-refractivity contribution in [1.82, 2.24) is 5.32 Å². The first-order valence-corrected chi connectivity index (χ1v) is 2.11. The minimum atomic E-state index is 0. The Morgan fingerprint density at radius 1 is 2.00 bits per heavy atom. The second-order valence-electron chi connectivity index (χ2n) is 0.998. The smallest absolute Gasteiger partial charge is 1.00 e. The minimum absolute atomic E-state index is 0. The number of thiocarbonyl (C=S) groups is 1. The summed E-state index contributed by atoms with van der Waals surface area (Å²) in [7, 11) is 0. The summed E-state index contributed by atoms with van der Waals surface area (Å²) >= 11 is 4.61. The average Bonchev–Trinajstić information content (AvgIpc) is 1.86. The molecule has 4 heteroatoms. The van der Waals surface area contributed by atoms with E-state index in [1.54, 1.807) is 6.21 Å². The second-order valence-corrected chi connectivity index (χ2v) is 1.38. The van der Waals surface area contributed by atoms with Crippen LogP contribution in [0.25, 0.3) is 0 Å². The van der Waals surface area contributed by atoms with Gasteiger partial charge in [0.1, 0.15) is 0 Å². The van der Waals surface area contributed by atoms with Crippen molar-refractivity contribution in [3.8, 4) is 0 Å². The van der Waals surface area contributed by atoms with Gasteiger partial charge in [0.15, 0.2) is 5.11 Å². The van der Waals surface area contributed by atoms with Crippen LogP contribution >= 0.6 is 12.2 Å². The molecular weight excluding hydrogens is 119 g/mol. The largest absolute Gasteiger partial charge is 1.00 e. The fourth-order valence-electron chi connectivity index (χ4n) is 0.307. The van der Waals surface area contributed by atoms with Gasteiger partial charge in [0.25, 0.3) is 0 Å². The first-order valence-electron chi connectivity index (χ1n) is 1.70. The van der Waals surface area contributed by atoms with Crippen molar-refractivity contribution < 1.29 is 31.0 Å². The summed E-state index contributed by atoms with van der Waals surface area (Å²) < 4.78 is 0. The molecule has 0 spiro atoms. The molecule has 0 aromatic rings. The molecule has 1 rings (SSSR count).